The SMILES string of the molecule is CCOCCOCC[N+]1(C)CCOCC1.[Br-]. The van der Waals surface area contributed by atoms with Gasteiger partial charge in [0.2, 0.25) is 0 Å². The molecule has 0 N–H and O–H groups in total. The minimum absolute atomic E-state index is 0. The van der Waals surface area contributed by atoms with Crippen LogP contribution in [0.2, 0.25) is 0 Å². The number of ether oxygens (including phenoxy) is 3. The van der Waals surface area contributed by atoms with Crippen molar-refractivity contribution in [3.05, 3.63) is 0 Å². The summed E-state index contributed by atoms with van der Waals surface area (Å²) < 4.78 is 17.1. The van der Waals surface area contributed by atoms with E-state index < -0.39 is 0 Å². The normalized spacial score (nSPS) is 19.1. The molecule has 1 heterocycles. The van der Waals surface area contributed by atoms with E-state index in [9.17, 15) is 0 Å². The monoisotopic (exact) mass is 297 g/mol. The predicted molar refractivity (Wildman–Crippen MR) is 58.9 cm³/mol. The second-order valence-electron chi connectivity index (χ2n) is 4.21. The smallest absolute Gasteiger partial charge is 0.102 e. The lowest BCUT2D eigenvalue weighted by Gasteiger charge is -2.37. The fourth-order valence-corrected chi connectivity index (χ4v) is 1.66. The van der Waals surface area contributed by atoms with Crippen LogP contribution >= 0.6 is 0 Å². The predicted octanol–water partition coefficient (Wildman–Crippen LogP) is -2.48. The quantitative estimate of drug-likeness (QED) is 0.385. The third kappa shape index (κ3) is 6.81. The number of hydrogen-bond donors (Lipinski definition) is 0. The lowest BCUT2D eigenvalue weighted by Crippen LogP contribution is -3.00. The highest BCUT2D eigenvalue weighted by Gasteiger charge is 2.24. The number of likely N-dealkylation sites (N-methyl/N-ethyl adjacent to an activating group) is 1. The van der Waals surface area contributed by atoms with E-state index >= 15 is 0 Å². The molecule has 0 aliphatic carbocycles. The number of morpholine rings is 1. The van der Waals surface area contributed by atoms with Crippen molar-refractivity contribution in [2.24, 2.45) is 0 Å². The second-order valence-corrected chi connectivity index (χ2v) is 4.21. The fraction of sp³-hybridized carbons (Fsp3) is 1.00. The third-order valence-corrected chi connectivity index (χ3v) is 2.90. The van der Waals surface area contributed by atoms with Crippen molar-refractivity contribution in [2.45, 2.75) is 6.92 Å². The molecule has 0 saturated carbocycles. The minimum atomic E-state index is 0. The maximum Gasteiger partial charge on any atom is 0.102 e. The van der Waals surface area contributed by atoms with E-state index in [2.05, 4.69) is 7.05 Å². The van der Waals surface area contributed by atoms with Crippen LogP contribution in [0.15, 0.2) is 0 Å². The Morgan fingerprint density at radius 3 is 2.31 bits per heavy atom. The summed E-state index contributed by atoms with van der Waals surface area (Å²) in [5.41, 5.74) is 0. The Hall–Kier alpha value is 0.320. The van der Waals surface area contributed by atoms with Gasteiger partial charge in [0.15, 0.2) is 0 Å². The molecule has 0 radical (unpaired) electrons. The van der Waals surface area contributed by atoms with E-state index in [-0.39, 0.29) is 17.0 Å². The molecular weight excluding hydrogens is 274 g/mol. The average Bonchev–Trinajstić information content (AvgIpc) is 2.24. The van der Waals surface area contributed by atoms with E-state index in [0.717, 1.165) is 50.5 Å². The van der Waals surface area contributed by atoms with Gasteiger partial charge in [0.1, 0.15) is 19.6 Å². The Morgan fingerprint density at radius 2 is 1.69 bits per heavy atom. The molecule has 0 bridgehead atoms. The molecule has 1 saturated heterocycles. The van der Waals surface area contributed by atoms with Crippen LogP contribution in [0.5, 0.6) is 0 Å². The molecule has 0 aromatic rings. The molecule has 0 unspecified atom stereocenters. The Kier molecular flexibility index (Phi) is 9.55. The van der Waals surface area contributed by atoms with E-state index in [4.69, 9.17) is 14.2 Å². The van der Waals surface area contributed by atoms with Gasteiger partial charge in [-0.2, -0.15) is 0 Å². The zero-order chi connectivity index (χ0) is 11.0. The average molecular weight is 298 g/mol. The highest BCUT2D eigenvalue weighted by Crippen LogP contribution is 2.06. The van der Waals surface area contributed by atoms with Gasteiger partial charge in [-0.15, -0.1) is 0 Å². The van der Waals surface area contributed by atoms with Gasteiger partial charge in [-0.25, -0.2) is 0 Å². The summed E-state index contributed by atoms with van der Waals surface area (Å²) in [5.74, 6) is 0. The van der Waals surface area contributed by atoms with Crippen LogP contribution in [0.1, 0.15) is 6.92 Å². The number of nitrogens with zero attached hydrogens (tertiary/aromatic N) is 1. The van der Waals surface area contributed by atoms with E-state index in [1.165, 1.54) is 0 Å². The minimum Gasteiger partial charge on any atom is -1.00 e. The number of hydrogen-bond acceptors (Lipinski definition) is 3. The Bertz CT molecular complexity index is 163. The number of quaternary nitrogens is 1. The highest BCUT2D eigenvalue weighted by atomic mass is 79.9. The second kappa shape index (κ2) is 9.36. The first-order valence-electron chi connectivity index (χ1n) is 5.84. The van der Waals surface area contributed by atoms with Gasteiger partial charge in [0, 0.05) is 6.61 Å². The van der Waals surface area contributed by atoms with Crippen LogP contribution in [0, 0.1) is 0 Å². The van der Waals surface area contributed by atoms with Gasteiger partial charge in [-0.3, -0.25) is 0 Å². The Labute approximate surface area is 109 Å². The summed E-state index contributed by atoms with van der Waals surface area (Å²) in [5, 5.41) is 0. The largest absolute Gasteiger partial charge is 1.00 e. The highest BCUT2D eigenvalue weighted by molar-refractivity contribution is 4.46. The molecule has 1 rings (SSSR count). The van der Waals surface area contributed by atoms with Crippen LogP contribution in [-0.4, -0.2) is 70.8 Å². The summed E-state index contributed by atoms with van der Waals surface area (Å²) in [7, 11) is 2.27. The van der Waals surface area contributed by atoms with Crippen molar-refractivity contribution in [1.82, 2.24) is 0 Å². The maximum absolute atomic E-state index is 5.52. The van der Waals surface area contributed by atoms with E-state index in [1.807, 2.05) is 6.92 Å². The molecule has 1 aliphatic heterocycles. The lowest BCUT2D eigenvalue weighted by atomic mass is 10.3. The molecule has 5 heteroatoms. The molecule has 0 amide bonds. The first kappa shape index (κ1) is 16.3. The van der Waals surface area contributed by atoms with Gasteiger partial charge in [-0.05, 0) is 6.92 Å². The van der Waals surface area contributed by atoms with Crippen LogP contribution in [0.4, 0.5) is 0 Å². The molecule has 0 aromatic carbocycles. The van der Waals surface area contributed by atoms with Crippen molar-refractivity contribution >= 4 is 0 Å². The molecule has 16 heavy (non-hydrogen) atoms. The first-order valence-corrected chi connectivity index (χ1v) is 5.84. The van der Waals surface area contributed by atoms with Gasteiger partial charge in [0.25, 0.3) is 0 Å². The zero-order valence-corrected chi connectivity index (χ0v) is 12.0. The molecule has 1 fully saturated rings. The summed E-state index contributed by atoms with van der Waals surface area (Å²) >= 11 is 0. The number of halogens is 1. The summed E-state index contributed by atoms with van der Waals surface area (Å²) in [6.45, 7) is 10.1. The van der Waals surface area contributed by atoms with Gasteiger partial charge >= 0.3 is 0 Å². The summed E-state index contributed by atoms with van der Waals surface area (Å²) in [4.78, 5) is 0. The van der Waals surface area contributed by atoms with Crippen molar-refractivity contribution in [3.63, 3.8) is 0 Å². The zero-order valence-electron chi connectivity index (χ0n) is 10.4. The maximum atomic E-state index is 5.52. The molecule has 4 nitrogen and oxygen atoms in total. The van der Waals surface area contributed by atoms with Crippen LogP contribution < -0.4 is 17.0 Å². The molecular formula is C11H24BrNO3. The molecule has 1 aliphatic rings. The van der Waals surface area contributed by atoms with Crippen molar-refractivity contribution in [1.29, 1.82) is 0 Å². The van der Waals surface area contributed by atoms with Crippen molar-refractivity contribution < 1.29 is 35.7 Å². The fourth-order valence-electron chi connectivity index (χ4n) is 1.66. The van der Waals surface area contributed by atoms with Crippen LogP contribution in [-0.2, 0) is 14.2 Å². The summed E-state index contributed by atoms with van der Waals surface area (Å²) in [6, 6.07) is 0. The van der Waals surface area contributed by atoms with Crippen molar-refractivity contribution in [3.8, 4) is 0 Å². The van der Waals surface area contributed by atoms with Gasteiger partial charge in [0.05, 0.1) is 40.1 Å². The molecule has 0 spiro atoms. The van der Waals surface area contributed by atoms with Gasteiger partial charge < -0.3 is 35.7 Å². The topological polar surface area (TPSA) is 27.7 Å². The van der Waals surface area contributed by atoms with E-state index in [1.54, 1.807) is 0 Å². The number of rotatable bonds is 7. The van der Waals surface area contributed by atoms with E-state index in [0.29, 0.717) is 13.2 Å². The van der Waals surface area contributed by atoms with Crippen LogP contribution in [0.25, 0.3) is 0 Å². The molecule has 0 atom stereocenters. The van der Waals surface area contributed by atoms with Gasteiger partial charge in [-0.1, -0.05) is 0 Å². The molecule has 0 aromatic heterocycles. The standard InChI is InChI=1S/C11H24NO3.BrH/c1-3-13-10-11-15-9-6-12(2)4-7-14-8-5-12;/h3-11H2,1-2H3;1H/q+1;/p-1. The Morgan fingerprint density at radius 1 is 1.06 bits per heavy atom. The first-order chi connectivity index (χ1) is 7.27. The lowest BCUT2D eigenvalue weighted by molar-refractivity contribution is -0.917. The third-order valence-electron chi connectivity index (χ3n) is 2.90. The Balaban J connectivity index is 0.00000225. The van der Waals surface area contributed by atoms with Crippen LogP contribution in [0.3, 0.4) is 0 Å². The molecule has 98 valence electrons. The summed E-state index contributed by atoms with van der Waals surface area (Å²) in [6.07, 6.45) is 0. The van der Waals surface area contributed by atoms with Crippen molar-refractivity contribution in [2.75, 3.05) is 66.3 Å².